The fourth-order valence-corrected chi connectivity index (χ4v) is 2.17. The van der Waals surface area contributed by atoms with E-state index in [-0.39, 0.29) is 5.91 Å². The number of ether oxygens (including phenoxy) is 1. The third-order valence-electron chi connectivity index (χ3n) is 2.71. The van der Waals surface area contributed by atoms with Gasteiger partial charge >= 0.3 is 0 Å². The lowest BCUT2D eigenvalue weighted by Crippen LogP contribution is -2.23. The van der Waals surface area contributed by atoms with Crippen molar-refractivity contribution >= 4 is 21.8 Å². The lowest BCUT2D eigenvalue weighted by Gasteiger charge is -2.08. The molecule has 1 amide bonds. The Bertz CT molecular complexity index is 584. The number of rotatable bonds is 4. The summed E-state index contributed by atoms with van der Waals surface area (Å²) < 4.78 is 5.94. The Morgan fingerprint density at radius 1 is 1.21 bits per heavy atom. The van der Waals surface area contributed by atoms with E-state index in [1.54, 1.807) is 13.2 Å². The van der Waals surface area contributed by atoms with Crippen molar-refractivity contribution in [1.82, 2.24) is 5.32 Å². The van der Waals surface area contributed by atoms with Crippen LogP contribution in [0.2, 0.25) is 0 Å². The molecule has 0 bridgehead atoms. The van der Waals surface area contributed by atoms with Crippen LogP contribution < -0.4 is 10.1 Å². The molecule has 0 spiro atoms. The zero-order valence-electron chi connectivity index (χ0n) is 10.5. The number of carbonyl (C=O) groups excluding carboxylic acids is 1. The largest absolute Gasteiger partial charge is 0.497 e. The van der Waals surface area contributed by atoms with Gasteiger partial charge in [0.2, 0.25) is 0 Å². The summed E-state index contributed by atoms with van der Waals surface area (Å²) in [5, 5.41) is 2.88. The highest BCUT2D eigenvalue weighted by atomic mass is 79.9. The lowest BCUT2D eigenvalue weighted by molar-refractivity contribution is 0.0950. The molecular weight excluding hydrogens is 306 g/mol. The van der Waals surface area contributed by atoms with E-state index < -0.39 is 0 Å². The van der Waals surface area contributed by atoms with Crippen molar-refractivity contribution in [1.29, 1.82) is 0 Å². The third-order valence-corrected chi connectivity index (χ3v) is 3.40. The first-order valence-corrected chi connectivity index (χ1v) is 6.65. The van der Waals surface area contributed by atoms with E-state index in [9.17, 15) is 4.79 Å². The minimum absolute atomic E-state index is 0.102. The number of hydrogen-bond acceptors (Lipinski definition) is 2. The highest BCUT2D eigenvalue weighted by Crippen LogP contribution is 2.16. The van der Waals surface area contributed by atoms with Crippen LogP contribution in [-0.4, -0.2) is 13.0 Å². The maximum Gasteiger partial charge on any atom is 0.252 e. The minimum atomic E-state index is -0.102. The van der Waals surface area contributed by atoms with Gasteiger partial charge in [-0.3, -0.25) is 4.79 Å². The second-order valence-electron chi connectivity index (χ2n) is 4.01. The Morgan fingerprint density at radius 2 is 2.00 bits per heavy atom. The van der Waals surface area contributed by atoms with Crippen molar-refractivity contribution in [3.63, 3.8) is 0 Å². The predicted molar refractivity (Wildman–Crippen MR) is 78.3 cm³/mol. The van der Waals surface area contributed by atoms with E-state index in [4.69, 9.17) is 4.74 Å². The number of nitrogens with one attached hydrogen (secondary N) is 1. The first-order chi connectivity index (χ1) is 9.20. The van der Waals surface area contributed by atoms with Crippen molar-refractivity contribution in [2.75, 3.05) is 7.11 Å². The summed E-state index contributed by atoms with van der Waals surface area (Å²) in [6.07, 6.45) is 0. The van der Waals surface area contributed by atoms with Crippen LogP contribution in [0.25, 0.3) is 0 Å². The average Bonchev–Trinajstić information content (AvgIpc) is 2.45. The molecule has 0 fully saturated rings. The molecule has 0 atom stereocenters. The van der Waals surface area contributed by atoms with Crippen molar-refractivity contribution < 1.29 is 9.53 Å². The van der Waals surface area contributed by atoms with Crippen molar-refractivity contribution in [3.8, 4) is 5.75 Å². The second kappa shape index (κ2) is 6.38. The lowest BCUT2D eigenvalue weighted by atomic mass is 10.2. The zero-order chi connectivity index (χ0) is 13.7. The maximum absolute atomic E-state index is 12.0. The van der Waals surface area contributed by atoms with E-state index in [1.165, 1.54) is 0 Å². The van der Waals surface area contributed by atoms with Gasteiger partial charge in [0.25, 0.3) is 5.91 Å². The quantitative estimate of drug-likeness (QED) is 0.938. The zero-order valence-corrected chi connectivity index (χ0v) is 12.1. The smallest absolute Gasteiger partial charge is 0.252 e. The fourth-order valence-electron chi connectivity index (χ4n) is 1.71. The van der Waals surface area contributed by atoms with E-state index in [0.717, 1.165) is 15.8 Å². The number of carbonyl (C=O) groups is 1. The molecule has 0 aromatic heterocycles. The molecule has 3 nitrogen and oxygen atoms in total. The van der Waals surface area contributed by atoms with Crippen LogP contribution in [0.15, 0.2) is 53.0 Å². The van der Waals surface area contributed by atoms with Gasteiger partial charge in [0.15, 0.2) is 0 Å². The van der Waals surface area contributed by atoms with Crippen LogP contribution >= 0.6 is 15.9 Å². The van der Waals surface area contributed by atoms with Gasteiger partial charge in [0, 0.05) is 11.0 Å². The minimum Gasteiger partial charge on any atom is -0.497 e. The molecule has 2 aromatic carbocycles. The van der Waals surface area contributed by atoms with Gasteiger partial charge in [-0.05, 0) is 45.8 Å². The highest BCUT2D eigenvalue weighted by Gasteiger charge is 2.08. The summed E-state index contributed by atoms with van der Waals surface area (Å²) in [5.74, 6) is 0.683. The molecule has 2 rings (SSSR count). The molecule has 0 aliphatic rings. The summed E-state index contributed by atoms with van der Waals surface area (Å²) >= 11 is 3.37. The second-order valence-corrected chi connectivity index (χ2v) is 4.87. The van der Waals surface area contributed by atoms with Gasteiger partial charge in [0.1, 0.15) is 5.75 Å². The average molecular weight is 320 g/mol. The van der Waals surface area contributed by atoms with Crippen molar-refractivity contribution in [2.45, 2.75) is 6.54 Å². The standard InChI is InChI=1S/C15H14BrNO2/c1-19-12-6-4-5-11(9-12)10-17-15(18)13-7-2-3-8-14(13)16/h2-9H,10H2,1H3,(H,17,18). The summed E-state index contributed by atoms with van der Waals surface area (Å²) in [5.41, 5.74) is 1.63. The molecule has 98 valence electrons. The molecule has 1 N–H and O–H groups in total. The molecular formula is C15H14BrNO2. The van der Waals surface area contributed by atoms with Crippen LogP contribution in [0.3, 0.4) is 0 Å². The molecule has 0 aliphatic carbocycles. The molecule has 0 radical (unpaired) electrons. The summed E-state index contributed by atoms with van der Waals surface area (Å²) in [4.78, 5) is 12.0. The Labute approximate surface area is 120 Å². The van der Waals surface area contributed by atoms with Crippen LogP contribution in [0, 0.1) is 0 Å². The molecule has 0 saturated carbocycles. The normalized spacial score (nSPS) is 10.0. The maximum atomic E-state index is 12.0. The first kappa shape index (κ1) is 13.6. The van der Waals surface area contributed by atoms with E-state index >= 15 is 0 Å². The van der Waals surface area contributed by atoms with Crippen molar-refractivity contribution in [3.05, 3.63) is 64.1 Å². The molecule has 4 heteroatoms. The number of benzene rings is 2. The monoisotopic (exact) mass is 319 g/mol. The molecule has 2 aromatic rings. The molecule has 0 heterocycles. The Hall–Kier alpha value is -1.81. The van der Waals surface area contributed by atoms with Gasteiger partial charge < -0.3 is 10.1 Å². The molecule has 0 saturated heterocycles. The van der Waals surface area contributed by atoms with Gasteiger partial charge in [-0.2, -0.15) is 0 Å². The van der Waals surface area contributed by atoms with E-state index in [0.29, 0.717) is 12.1 Å². The summed E-state index contributed by atoms with van der Waals surface area (Å²) in [6, 6.07) is 15.0. The fraction of sp³-hybridized carbons (Fsp3) is 0.133. The number of halogens is 1. The van der Waals surface area contributed by atoms with Crippen LogP contribution in [0.5, 0.6) is 5.75 Å². The Balaban J connectivity index is 2.02. The molecule has 0 aliphatic heterocycles. The number of methoxy groups -OCH3 is 1. The van der Waals surface area contributed by atoms with Gasteiger partial charge in [0.05, 0.1) is 12.7 Å². The van der Waals surface area contributed by atoms with E-state index in [2.05, 4.69) is 21.2 Å². The van der Waals surface area contributed by atoms with Crippen LogP contribution in [-0.2, 0) is 6.54 Å². The first-order valence-electron chi connectivity index (χ1n) is 5.86. The summed E-state index contributed by atoms with van der Waals surface area (Å²) in [7, 11) is 1.62. The third kappa shape index (κ3) is 3.58. The topological polar surface area (TPSA) is 38.3 Å². The Kier molecular flexibility index (Phi) is 4.58. The number of hydrogen-bond donors (Lipinski definition) is 1. The number of amides is 1. The van der Waals surface area contributed by atoms with Crippen molar-refractivity contribution in [2.24, 2.45) is 0 Å². The SMILES string of the molecule is COc1cccc(CNC(=O)c2ccccc2Br)c1. The molecule has 19 heavy (non-hydrogen) atoms. The van der Waals surface area contributed by atoms with Crippen LogP contribution in [0.4, 0.5) is 0 Å². The van der Waals surface area contributed by atoms with Crippen LogP contribution in [0.1, 0.15) is 15.9 Å². The van der Waals surface area contributed by atoms with Gasteiger partial charge in [-0.25, -0.2) is 0 Å². The molecule has 0 unspecified atom stereocenters. The highest BCUT2D eigenvalue weighted by molar-refractivity contribution is 9.10. The summed E-state index contributed by atoms with van der Waals surface area (Å²) in [6.45, 7) is 0.470. The Morgan fingerprint density at radius 3 is 2.74 bits per heavy atom. The predicted octanol–water partition coefficient (Wildman–Crippen LogP) is 3.39. The van der Waals surface area contributed by atoms with E-state index in [1.807, 2.05) is 42.5 Å². The van der Waals surface area contributed by atoms with Gasteiger partial charge in [-0.15, -0.1) is 0 Å². The van der Waals surface area contributed by atoms with Gasteiger partial charge in [-0.1, -0.05) is 24.3 Å².